The zero-order valence-electron chi connectivity index (χ0n) is 12.2. The van der Waals surface area contributed by atoms with Gasteiger partial charge in [0, 0.05) is 6.08 Å². The Morgan fingerprint density at radius 2 is 1.57 bits per heavy atom. The molecule has 0 aromatic heterocycles. The quantitative estimate of drug-likeness (QED) is 0.849. The maximum atomic E-state index is 11.1. The average Bonchev–Trinajstić information content (AvgIpc) is 2.53. The highest BCUT2D eigenvalue weighted by Gasteiger charge is 2.08. The van der Waals surface area contributed by atoms with Crippen LogP contribution >= 0.6 is 0 Å². The van der Waals surface area contributed by atoms with Gasteiger partial charge in [0.25, 0.3) is 0 Å². The van der Waals surface area contributed by atoms with Crippen LogP contribution < -0.4 is 4.74 Å². The number of carboxylic acids is 1. The fraction of sp³-hybridized carbons (Fsp3) is 0.167. The van der Waals surface area contributed by atoms with Gasteiger partial charge < -0.3 is 9.84 Å². The third-order valence-electron chi connectivity index (χ3n) is 3.34. The van der Waals surface area contributed by atoms with Gasteiger partial charge in [-0.2, -0.15) is 0 Å². The van der Waals surface area contributed by atoms with E-state index in [1.807, 2.05) is 48.5 Å². The molecule has 2 aromatic rings. The zero-order chi connectivity index (χ0) is 15.2. The molecule has 0 fully saturated rings. The van der Waals surface area contributed by atoms with Crippen LogP contribution in [0, 0.1) is 0 Å². The molecule has 1 N–H and O–H groups in total. The van der Waals surface area contributed by atoms with E-state index >= 15 is 0 Å². The number of rotatable bonds is 5. The molecule has 3 nitrogen and oxygen atoms in total. The maximum absolute atomic E-state index is 11.1. The SMILES string of the molecule is CCc1ccc(/C(=C/C(=O)O)c2ccc(OC)cc2)cc1. The van der Waals surface area contributed by atoms with Crippen molar-refractivity contribution in [2.24, 2.45) is 0 Å². The highest BCUT2D eigenvalue weighted by atomic mass is 16.5. The van der Waals surface area contributed by atoms with Crippen LogP contribution in [0.3, 0.4) is 0 Å². The first-order valence-electron chi connectivity index (χ1n) is 6.82. The van der Waals surface area contributed by atoms with Gasteiger partial charge in [-0.05, 0) is 40.8 Å². The largest absolute Gasteiger partial charge is 0.497 e. The van der Waals surface area contributed by atoms with Crippen molar-refractivity contribution in [2.75, 3.05) is 7.11 Å². The van der Waals surface area contributed by atoms with Crippen LogP contribution in [0.25, 0.3) is 5.57 Å². The molecular formula is C18H18O3. The molecule has 0 amide bonds. The van der Waals surface area contributed by atoms with Crippen LogP contribution in [0.15, 0.2) is 54.6 Å². The van der Waals surface area contributed by atoms with E-state index in [-0.39, 0.29) is 0 Å². The predicted molar refractivity (Wildman–Crippen MR) is 83.5 cm³/mol. The lowest BCUT2D eigenvalue weighted by Crippen LogP contribution is -1.95. The number of carboxylic acid groups (broad SMARTS) is 1. The fourth-order valence-electron chi connectivity index (χ4n) is 2.15. The van der Waals surface area contributed by atoms with Gasteiger partial charge in [0.05, 0.1) is 7.11 Å². The Kier molecular flexibility index (Phi) is 4.77. The summed E-state index contributed by atoms with van der Waals surface area (Å²) in [5.74, 6) is -0.213. The number of aryl methyl sites for hydroxylation is 1. The van der Waals surface area contributed by atoms with E-state index in [2.05, 4.69) is 6.92 Å². The topological polar surface area (TPSA) is 46.5 Å². The Labute approximate surface area is 124 Å². The number of hydrogen-bond donors (Lipinski definition) is 1. The van der Waals surface area contributed by atoms with E-state index in [1.165, 1.54) is 11.6 Å². The van der Waals surface area contributed by atoms with Gasteiger partial charge in [0.1, 0.15) is 5.75 Å². The lowest BCUT2D eigenvalue weighted by Gasteiger charge is -2.09. The van der Waals surface area contributed by atoms with Gasteiger partial charge in [0.2, 0.25) is 0 Å². The molecule has 3 heteroatoms. The van der Waals surface area contributed by atoms with Gasteiger partial charge in [0.15, 0.2) is 0 Å². The molecule has 0 aliphatic heterocycles. The van der Waals surface area contributed by atoms with Crippen molar-refractivity contribution in [3.63, 3.8) is 0 Å². The minimum atomic E-state index is -0.958. The number of benzene rings is 2. The minimum Gasteiger partial charge on any atom is -0.497 e. The second-order valence-corrected chi connectivity index (χ2v) is 4.68. The minimum absolute atomic E-state index is 0.688. The summed E-state index contributed by atoms with van der Waals surface area (Å²) in [4.78, 5) is 11.1. The smallest absolute Gasteiger partial charge is 0.328 e. The molecule has 0 saturated carbocycles. The number of ether oxygens (including phenoxy) is 1. The molecular weight excluding hydrogens is 264 g/mol. The van der Waals surface area contributed by atoms with Gasteiger partial charge in [-0.3, -0.25) is 0 Å². The molecule has 0 aliphatic rings. The van der Waals surface area contributed by atoms with Crippen LogP contribution in [0.4, 0.5) is 0 Å². The third kappa shape index (κ3) is 3.72. The second-order valence-electron chi connectivity index (χ2n) is 4.68. The third-order valence-corrected chi connectivity index (χ3v) is 3.34. The van der Waals surface area contributed by atoms with Crippen molar-refractivity contribution in [1.29, 1.82) is 0 Å². The van der Waals surface area contributed by atoms with E-state index in [0.717, 1.165) is 23.3 Å². The Balaban J connectivity index is 2.44. The molecule has 0 spiro atoms. The number of methoxy groups -OCH3 is 1. The average molecular weight is 282 g/mol. The van der Waals surface area contributed by atoms with E-state index in [4.69, 9.17) is 9.84 Å². The van der Waals surface area contributed by atoms with E-state index in [0.29, 0.717) is 5.57 Å². The summed E-state index contributed by atoms with van der Waals surface area (Å²) in [5.41, 5.74) is 3.65. The highest BCUT2D eigenvalue weighted by Crippen LogP contribution is 2.25. The molecule has 0 heterocycles. The molecule has 2 aromatic carbocycles. The summed E-state index contributed by atoms with van der Waals surface area (Å²) in [6, 6.07) is 15.3. The Morgan fingerprint density at radius 1 is 1.05 bits per heavy atom. The van der Waals surface area contributed by atoms with Crippen molar-refractivity contribution >= 4 is 11.5 Å². The summed E-state index contributed by atoms with van der Waals surface area (Å²) < 4.78 is 5.13. The molecule has 0 bridgehead atoms. The van der Waals surface area contributed by atoms with Gasteiger partial charge in [-0.15, -0.1) is 0 Å². The van der Waals surface area contributed by atoms with E-state index in [1.54, 1.807) is 7.11 Å². The van der Waals surface area contributed by atoms with Crippen molar-refractivity contribution in [2.45, 2.75) is 13.3 Å². The number of hydrogen-bond acceptors (Lipinski definition) is 2. The number of aliphatic carboxylic acids is 1. The molecule has 21 heavy (non-hydrogen) atoms. The highest BCUT2D eigenvalue weighted by molar-refractivity contribution is 5.95. The summed E-state index contributed by atoms with van der Waals surface area (Å²) in [6.07, 6.45) is 2.20. The van der Waals surface area contributed by atoms with Crippen molar-refractivity contribution in [3.05, 3.63) is 71.3 Å². The van der Waals surface area contributed by atoms with Crippen molar-refractivity contribution in [3.8, 4) is 5.75 Å². The lowest BCUT2D eigenvalue weighted by molar-refractivity contribution is -0.131. The van der Waals surface area contributed by atoms with Crippen LogP contribution in [-0.2, 0) is 11.2 Å². The molecule has 0 unspecified atom stereocenters. The Bertz CT molecular complexity index is 588. The fourth-order valence-corrected chi connectivity index (χ4v) is 2.15. The number of carbonyl (C=O) groups is 1. The monoisotopic (exact) mass is 282 g/mol. The first-order chi connectivity index (χ1) is 10.1. The van der Waals surface area contributed by atoms with Crippen LogP contribution in [0.5, 0.6) is 5.75 Å². The first-order valence-corrected chi connectivity index (χ1v) is 6.82. The Morgan fingerprint density at radius 3 is 2.00 bits per heavy atom. The van der Waals surface area contributed by atoms with E-state index in [9.17, 15) is 4.79 Å². The summed E-state index contributed by atoms with van der Waals surface area (Å²) in [5, 5.41) is 9.11. The van der Waals surface area contributed by atoms with Crippen molar-refractivity contribution in [1.82, 2.24) is 0 Å². The second kappa shape index (κ2) is 6.75. The lowest BCUT2D eigenvalue weighted by atomic mass is 9.96. The van der Waals surface area contributed by atoms with Crippen LogP contribution in [-0.4, -0.2) is 18.2 Å². The Hall–Kier alpha value is -2.55. The van der Waals surface area contributed by atoms with Crippen molar-refractivity contribution < 1.29 is 14.6 Å². The van der Waals surface area contributed by atoms with Crippen LogP contribution in [0.1, 0.15) is 23.6 Å². The summed E-state index contributed by atoms with van der Waals surface area (Å²) >= 11 is 0. The standard InChI is InChI=1S/C18H18O3/c1-3-13-4-6-14(7-5-13)17(12-18(19)20)15-8-10-16(21-2)11-9-15/h4-12H,3H2,1-2H3,(H,19,20)/b17-12-. The van der Waals surface area contributed by atoms with E-state index < -0.39 is 5.97 Å². The first kappa shape index (κ1) is 14.9. The molecule has 108 valence electrons. The van der Waals surface area contributed by atoms with Gasteiger partial charge >= 0.3 is 5.97 Å². The van der Waals surface area contributed by atoms with Gasteiger partial charge in [-0.25, -0.2) is 4.79 Å². The summed E-state index contributed by atoms with van der Waals surface area (Å²) in [6.45, 7) is 2.09. The maximum Gasteiger partial charge on any atom is 0.328 e. The normalized spacial score (nSPS) is 11.2. The van der Waals surface area contributed by atoms with Gasteiger partial charge in [-0.1, -0.05) is 43.3 Å². The molecule has 0 atom stereocenters. The molecule has 2 rings (SSSR count). The van der Waals surface area contributed by atoms with Crippen LogP contribution in [0.2, 0.25) is 0 Å². The molecule has 0 aliphatic carbocycles. The predicted octanol–water partition coefficient (Wildman–Crippen LogP) is 3.77. The summed E-state index contributed by atoms with van der Waals surface area (Å²) in [7, 11) is 1.60. The molecule has 0 saturated heterocycles. The molecule has 0 radical (unpaired) electrons. The zero-order valence-corrected chi connectivity index (χ0v) is 12.2.